The average Bonchev–Trinajstić information content (AvgIpc) is 2.34. The normalized spacial score (nSPS) is 12.5. The molecule has 0 nitrogen and oxygen atoms in total. The van der Waals surface area contributed by atoms with Gasteiger partial charge < -0.3 is 0 Å². The Balaban J connectivity index is 2.25. The number of aryl methyl sites for hydroxylation is 1. The fraction of sp³-hybridized carbons (Fsp3) is 0.200. The van der Waals surface area contributed by atoms with Gasteiger partial charge in [-0.2, -0.15) is 0 Å². The van der Waals surface area contributed by atoms with E-state index in [2.05, 4.69) is 0 Å². The van der Waals surface area contributed by atoms with E-state index in [-0.39, 0.29) is 12.0 Å². The van der Waals surface area contributed by atoms with Crippen molar-refractivity contribution in [3.8, 4) is 0 Å². The maximum absolute atomic E-state index is 13.6. The predicted octanol–water partition coefficient (Wildman–Crippen LogP) is 5.45. The molecule has 0 bridgehead atoms. The minimum Gasteiger partial charge on any atom is -0.204 e. The number of hydrogen-bond acceptors (Lipinski definition) is 0. The van der Waals surface area contributed by atoms with Crippen LogP contribution in [-0.4, -0.2) is 0 Å². The molecular weight excluding hydrogens is 289 g/mol. The highest BCUT2D eigenvalue weighted by Gasteiger charge is 2.15. The molecule has 0 amide bonds. The Kier molecular flexibility index (Phi) is 4.43. The van der Waals surface area contributed by atoms with Crippen molar-refractivity contribution in [2.45, 2.75) is 18.7 Å². The number of rotatable bonds is 3. The molecule has 0 aromatic heterocycles. The minimum atomic E-state index is -0.853. The summed E-state index contributed by atoms with van der Waals surface area (Å²) in [6, 6.07) is 9.46. The first-order valence-electron chi connectivity index (χ1n) is 5.82. The lowest BCUT2D eigenvalue weighted by Gasteiger charge is -2.14. The first-order valence-corrected chi connectivity index (χ1v) is 6.63. The molecule has 0 aliphatic rings. The largest absolute Gasteiger partial charge is 0.204 e. The molecule has 0 aliphatic carbocycles. The number of halogens is 4. The Bertz CT molecular complexity index is 597. The first kappa shape index (κ1) is 14.3. The predicted molar refractivity (Wildman–Crippen MR) is 74.8 cm³/mol. The Labute approximate surface area is 121 Å². The molecule has 1 unspecified atom stereocenters. The molecule has 0 aliphatic heterocycles. The molecule has 100 valence electrons. The van der Waals surface area contributed by atoms with Crippen molar-refractivity contribution in [1.29, 1.82) is 0 Å². The van der Waals surface area contributed by atoms with Crippen LogP contribution in [0.25, 0.3) is 0 Å². The summed E-state index contributed by atoms with van der Waals surface area (Å²) in [6.45, 7) is 1.89. The third-order valence-electron chi connectivity index (χ3n) is 3.00. The second-order valence-electron chi connectivity index (χ2n) is 4.39. The summed E-state index contributed by atoms with van der Waals surface area (Å²) in [5.74, 6) is -1.69. The lowest BCUT2D eigenvalue weighted by Crippen LogP contribution is -2.02. The van der Waals surface area contributed by atoms with Crippen molar-refractivity contribution in [2.24, 2.45) is 0 Å². The van der Waals surface area contributed by atoms with E-state index in [0.717, 1.165) is 17.2 Å². The molecule has 1 atom stereocenters. The molecule has 4 heteroatoms. The van der Waals surface area contributed by atoms with Gasteiger partial charge >= 0.3 is 0 Å². The van der Waals surface area contributed by atoms with Crippen LogP contribution >= 0.6 is 23.2 Å². The van der Waals surface area contributed by atoms with Crippen LogP contribution in [-0.2, 0) is 6.42 Å². The van der Waals surface area contributed by atoms with Crippen LogP contribution in [0.15, 0.2) is 36.4 Å². The number of alkyl halides is 1. The van der Waals surface area contributed by atoms with Gasteiger partial charge in [0.25, 0.3) is 0 Å². The van der Waals surface area contributed by atoms with E-state index < -0.39 is 17.0 Å². The number of hydrogen-bond donors (Lipinski definition) is 0. The summed E-state index contributed by atoms with van der Waals surface area (Å²) >= 11 is 12.2. The van der Waals surface area contributed by atoms with Gasteiger partial charge in [0.15, 0.2) is 11.6 Å². The van der Waals surface area contributed by atoms with E-state index in [1.54, 1.807) is 18.2 Å². The molecule has 19 heavy (non-hydrogen) atoms. The molecule has 2 aromatic carbocycles. The Morgan fingerprint density at radius 3 is 2.58 bits per heavy atom. The third-order valence-corrected chi connectivity index (χ3v) is 3.62. The van der Waals surface area contributed by atoms with Gasteiger partial charge in [0.05, 0.1) is 5.38 Å². The van der Waals surface area contributed by atoms with Crippen LogP contribution in [0.4, 0.5) is 8.78 Å². The van der Waals surface area contributed by atoms with Gasteiger partial charge in [-0.15, -0.1) is 11.6 Å². The molecule has 0 radical (unpaired) electrons. The highest BCUT2D eigenvalue weighted by Crippen LogP contribution is 2.30. The second kappa shape index (κ2) is 5.89. The maximum Gasteiger partial charge on any atom is 0.162 e. The smallest absolute Gasteiger partial charge is 0.162 e. The molecule has 0 fully saturated rings. The molecule has 0 spiro atoms. The maximum atomic E-state index is 13.6. The van der Waals surface area contributed by atoms with Crippen molar-refractivity contribution < 1.29 is 8.78 Å². The van der Waals surface area contributed by atoms with Crippen molar-refractivity contribution in [3.63, 3.8) is 0 Å². The van der Waals surface area contributed by atoms with Crippen molar-refractivity contribution in [2.75, 3.05) is 0 Å². The van der Waals surface area contributed by atoms with Crippen LogP contribution in [0, 0.1) is 18.6 Å². The topological polar surface area (TPSA) is 0 Å². The number of benzene rings is 2. The molecule has 2 aromatic rings. The Morgan fingerprint density at radius 2 is 1.89 bits per heavy atom. The van der Waals surface area contributed by atoms with E-state index in [4.69, 9.17) is 23.2 Å². The molecule has 0 saturated heterocycles. The second-order valence-corrected chi connectivity index (χ2v) is 5.35. The first-order chi connectivity index (χ1) is 8.99. The zero-order valence-electron chi connectivity index (χ0n) is 10.3. The summed E-state index contributed by atoms with van der Waals surface area (Å²) < 4.78 is 26.7. The van der Waals surface area contributed by atoms with Gasteiger partial charge in [-0.1, -0.05) is 29.8 Å². The Morgan fingerprint density at radius 1 is 1.16 bits per heavy atom. The quantitative estimate of drug-likeness (QED) is 0.661. The lowest BCUT2D eigenvalue weighted by molar-refractivity contribution is 0.498. The zero-order chi connectivity index (χ0) is 14.0. The van der Waals surface area contributed by atoms with Gasteiger partial charge in [-0.25, -0.2) is 8.78 Å². The van der Waals surface area contributed by atoms with Gasteiger partial charge in [0, 0.05) is 5.02 Å². The van der Waals surface area contributed by atoms with E-state index in [9.17, 15) is 8.78 Å². The fourth-order valence-corrected chi connectivity index (χ4v) is 2.64. The van der Waals surface area contributed by atoms with E-state index in [1.807, 2.05) is 13.0 Å². The molecule has 2 rings (SSSR count). The highest BCUT2D eigenvalue weighted by molar-refractivity contribution is 6.30. The van der Waals surface area contributed by atoms with Gasteiger partial charge in [0.1, 0.15) is 0 Å². The van der Waals surface area contributed by atoms with Crippen LogP contribution in [0.5, 0.6) is 0 Å². The lowest BCUT2D eigenvalue weighted by atomic mass is 10.00. The SMILES string of the molecule is Cc1cc(Cl)ccc1C(Cl)Cc1cccc(F)c1F. The van der Waals surface area contributed by atoms with Crippen LogP contribution < -0.4 is 0 Å². The summed E-state index contributed by atoms with van der Waals surface area (Å²) in [5, 5.41) is 0.204. The fourth-order valence-electron chi connectivity index (χ4n) is 2.00. The summed E-state index contributed by atoms with van der Waals surface area (Å²) in [7, 11) is 0. The minimum absolute atomic E-state index is 0.230. The standard InChI is InChI=1S/C15H12Cl2F2/c1-9-7-11(16)5-6-12(9)13(17)8-10-3-2-4-14(18)15(10)19/h2-7,13H,8H2,1H3. The average molecular weight is 301 g/mol. The van der Waals surface area contributed by atoms with E-state index in [1.165, 1.54) is 6.07 Å². The van der Waals surface area contributed by atoms with Gasteiger partial charge in [0.2, 0.25) is 0 Å². The van der Waals surface area contributed by atoms with Crippen molar-refractivity contribution >= 4 is 23.2 Å². The molecule has 0 saturated carbocycles. The van der Waals surface area contributed by atoms with Gasteiger partial charge in [-0.3, -0.25) is 0 Å². The van der Waals surface area contributed by atoms with E-state index in [0.29, 0.717) is 5.02 Å². The summed E-state index contributed by atoms with van der Waals surface area (Å²) in [6.07, 6.45) is 0.230. The van der Waals surface area contributed by atoms with Crippen LogP contribution in [0.1, 0.15) is 22.1 Å². The highest BCUT2D eigenvalue weighted by atomic mass is 35.5. The third kappa shape index (κ3) is 3.26. The van der Waals surface area contributed by atoms with E-state index >= 15 is 0 Å². The van der Waals surface area contributed by atoms with Gasteiger partial charge in [-0.05, 0) is 48.2 Å². The molecular formula is C15H12Cl2F2. The molecule has 0 N–H and O–H groups in total. The Hall–Kier alpha value is -1.12. The van der Waals surface area contributed by atoms with Crippen molar-refractivity contribution in [3.05, 3.63) is 69.7 Å². The summed E-state index contributed by atoms with van der Waals surface area (Å²) in [4.78, 5) is 0. The molecule has 0 heterocycles. The zero-order valence-corrected chi connectivity index (χ0v) is 11.8. The van der Waals surface area contributed by atoms with Crippen LogP contribution in [0.2, 0.25) is 5.02 Å². The monoisotopic (exact) mass is 300 g/mol. The van der Waals surface area contributed by atoms with Crippen molar-refractivity contribution in [1.82, 2.24) is 0 Å². The van der Waals surface area contributed by atoms with Crippen LogP contribution in [0.3, 0.4) is 0 Å². The summed E-state index contributed by atoms with van der Waals surface area (Å²) in [5.41, 5.74) is 2.08.